The van der Waals surface area contributed by atoms with Gasteiger partial charge in [-0.05, 0) is 44.4 Å². The lowest BCUT2D eigenvalue weighted by Gasteiger charge is -2.39. The Morgan fingerprint density at radius 2 is 2.07 bits per heavy atom. The molecule has 8 heteroatoms. The summed E-state index contributed by atoms with van der Waals surface area (Å²) in [6.07, 6.45) is 2.12. The first-order valence-electron chi connectivity index (χ1n) is 9.29. The van der Waals surface area contributed by atoms with Crippen LogP contribution in [0.3, 0.4) is 0 Å². The van der Waals surface area contributed by atoms with Crippen molar-refractivity contribution in [3.8, 4) is 0 Å². The predicted octanol–water partition coefficient (Wildman–Crippen LogP) is 1.16. The van der Waals surface area contributed by atoms with Gasteiger partial charge >= 0.3 is 0 Å². The highest BCUT2D eigenvalue weighted by atomic mass is 32.2. The molecular weight excluding hydrogens is 364 g/mol. The van der Waals surface area contributed by atoms with Crippen LogP contribution in [0.25, 0.3) is 0 Å². The molecular formula is C19H28N4O3S. The van der Waals surface area contributed by atoms with Gasteiger partial charge in [0.15, 0.2) is 15.8 Å². The van der Waals surface area contributed by atoms with Crippen molar-refractivity contribution in [2.45, 2.75) is 44.0 Å². The molecule has 0 atom stereocenters. The van der Waals surface area contributed by atoms with E-state index in [9.17, 15) is 13.2 Å². The van der Waals surface area contributed by atoms with Gasteiger partial charge in [-0.1, -0.05) is 12.1 Å². The topological polar surface area (TPSA) is 90.9 Å². The number of carbonyl (C=O) groups excluding carboxylic acids is 1. The van der Waals surface area contributed by atoms with E-state index < -0.39 is 14.6 Å². The van der Waals surface area contributed by atoms with Crippen LogP contribution in [0, 0.1) is 0 Å². The molecule has 0 radical (unpaired) electrons. The summed E-state index contributed by atoms with van der Waals surface area (Å²) in [6, 6.07) is 7.85. The molecule has 1 aromatic carbocycles. The Bertz CT molecular complexity index is 844. The molecule has 1 saturated carbocycles. The molecule has 1 saturated heterocycles. The smallest absolute Gasteiger partial charge is 0.251 e. The summed E-state index contributed by atoms with van der Waals surface area (Å²) < 4.78 is 23.6. The number of guanidine groups is 1. The highest BCUT2D eigenvalue weighted by molar-refractivity contribution is 7.92. The van der Waals surface area contributed by atoms with Crippen LogP contribution >= 0.6 is 0 Å². The number of amides is 1. The molecule has 0 unspecified atom stereocenters. The van der Waals surface area contributed by atoms with E-state index >= 15 is 0 Å². The van der Waals surface area contributed by atoms with Crippen molar-refractivity contribution in [3.05, 3.63) is 35.4 Å². The number of sulfone groups is 1. The van der Waals surface area contributed by atoms with Crippen LogP contribution in [0.1, 0.15) is 42.6 Å². The normalized spacial score (nSPS) is 21.6. The largest absolute Gasteiger partial charge is 0.352 e. The average Bonchev–Trinajstić information content (AvgIpc) is 3.43. The predicted molar refractivity (Wildman–Crippen MR) is 107 cm³/mol. The summed E-state index contributed by atoms with van der Waals surface area (Å²) in [5.41, 5.74) is 1.63. The zero-order valence-electron chi connectivity index (χ0n) is 16.2. The van der Waals surface area contributed by atoms with Crippen LogP contribution in [0.15, 0.2) is 29.3 Å². The van der Waals surface area contributed by atoms with Crippen LogP contribution in [0.2, 0.25) is 0 Å². The van der Waals surface area contributed by atoms with E-state index in [4.69, 9.17) is 0 Å². The van der Waals surface area contributed by atoms with Crippen molar-refractivity contribution < 1.29 is 13.2 Å². The Balaban J connectivity index is 1.62. The van der Waals surface area contributed by atoms with E-state index in [0.29, 0.717) is 37.2 Å². The number of nitrogens with zero attached hydrogens (tertiary/aromatic N) is 2. The molecule has 7 nitrogen and oxygen atoms in total. The van der Waals surface area contributed by atoms with E-state index in [0.717, 1.165) is 18.4 Å². The lowest BCUT2D eigenvalue weighted by atomic mass is 10.1. The van der Waals surface area contributed by atoms with Gasteiger partial charge in [-0.25, -0.2) is 8.42 Å². The van der Waals surface area contributed by atoms with Gasteiger partial charge in [0, 0.05) is 38.3 Å². The van der Waals surface area contributed by atoms with Crippen molar-refractivity contribution in [2.24, 2.45) is 4.99 Å². The highest BCUT2D eigenvalue weighted by Crippen LogP contribution is 2.24. The van der Waals surface area contributed by atoms with E-state index in [1.54, 1.807) is 20.9 Å². The number of carbonyl (C=O) groups is 1. The Morgan fingerprint density at radius 1 is 1.33 bits per heavy atom. The van der Waals surface area contributed by atoms with E-state index in [1.807, 2.05) is 29.2 Å². The number of benzene rings is 1. The Morgan fingerprint density at radius 3 is 2.70 bits per heavy atom. The molecule has 1 aliphatic carbocycles. The summed E-state index contributed by atoms with van der Waals surface area (Å²) >= 11 is 0. The fourth-order valence-electron chi connectivity index (χ4n) is 3.16. The minimum atomic E-state index is -3.09. The number of rotatable bonds is 4. The summed E-state index contributed by atoms with van der Waals surface area (Å²) in [5.74, 6) is 0.759. The Hall–Kier alpha value is -2.09. The average molecular weight is 393 g/mol. The van der Waals surface area contributed by atoms with Gasteiger partial charge in [-0.3, -0.25) is 9.79 Å². The van der Waals surface area contributed by atoms with Crippen molar-refractivity contribution in [1.29, 1.82) is 0 Å². The quantitative estimate of drug-likeness (QED) is 0.593. The molecule has 27 heavy (non-hydrogen) atoms. The molecule has 1 aliphatic heterocycles. The van der Waals surface area contributed by atoms with E-state index in [2.05, 4.69) is 15.6 Å². The van der Waals surface area contributed by atoms with Crippen molar-refractivity contribution in [1.82, 2.24) is 15.5 Å². The monoisotopic (exact) mass is 392 g/mol. The van der Waals surface area contributed by atoms with Gasteiger partial charge < -0.3 is 15.5 Å². The van der Waals surface area contributed by atoms with E-state index in [-0.39, 0.29) is 11.7 Å². The molecule has 1 amide bonds. The minimum Gasteiger partial charge on any atom is -0.352 e. The first-order chi connectivity index (χ1) is 12.7. The molecule has 0 aromatic heterocycles. The molecule has 148 valence electrons. The molecule has 0 spiro atoms. The third kappa shape index (κ3) is 4.61. The zero-order chi connectivity index (χ0) is 19.7. The third-order valence-electron chi connectivity index (χ3n) is 5.11. The molecule has 2 aliphatic rings. The zero-order valence-corrected chi connectivity index (χ0v) is 17.0. The second kappa shape index (κ2) is 7.50. The van der Waals surface area contributed by atoms with E-state index in [1.165, 1.54) is 0 Å². The summed E-state index contributed by atoms with van der Waals surface area (Å²) in [5, 5.41) is 6.28. The highest BCUT2D eigenvalue weighted by Gasteiger charge is 2.40. The van der Waals surface area contributed by atoms with Gasteiger partial charge in [0.2, 0.25) is 0 Å². The standard InChI is InChI=1S/C19H28N4O3S/c1-19(2)13-23(9-10-27(19,25)26)18(20-3)21-12-14-5-4-6-15(11-14)17(24)22-16-7-8-16/h4-6,11,16H,7-10,12-13H2,1-3H3,(H,20,21)(H,22,24). The fourth-order valence-corrected chi connectivity index (χ4v) is 4.52. The van der Waals surface area contributed by atoms with Gasteiger partial charge in [0.25, 0.3) is 5.91 Å². The first kappa shape index (κ1) is 19.7. The molecule has 1 aromatic rings. The Labute approximate surface area is 161 Å². The number of aliphatic imine (C=N–C) groups is 1. The summed E-state index contributed by atoms with van der Waals surface area (Å²) in [4.78, 5) is 18.5. The fraction of sp³-hybridized carbons (Fsp3) is 0.579. The molecule has 2 N–H and O–H groups in total. The second-order valence-corrected chi connectivity index (χ2v) is 10.6. The maximum Gasteiger partial charge on any atom is 0.251 e. The maximum atomic E-state index is 12.2. The van der Waals surface area contributed by atoms with Gasteiger partial charge in [-0.2, -0.15) is 0 Å². The Kier molecular flexibility index (Phi) is 5.46. The van der Waals surface area contributed by atoms with Gasteiger partial charge in [0.1, 0.15) is 0 Å². The van der Waals surface area contributed by atoms with Crippen LogP contribution in [-0.2, 0) is 16.4 Å². The SMILES string of the molecule is CN=C(NCc1cccc(C(=O)NC2CC2)c1)N1CCS(=O)(=O)C(C)(C)C1. The number of nitrogens with one attached hydrogen (secondary N) is 2. The van der Waals surface area contributed by atoms with Crippen LogP contribution in [0.5, 0.6) is 0 Å². The second-order valence-electron chi connectivity index (χ2n) is 7.85. The van der Waals surface area contributed by atoms with Crippen LogP contribution in [0.4, 0.5) is 0 Å². The molecule has 3 rings (SSSR count). The summed E-state index contributed by atoms with van der Waals surface area (Å²) in [6.45, 7) is 4.85. The molecule has 1 heterocycles. The van der Waals surface area contributed by atoms with Gasteiger partial charge in [-0.15, -0.1) is 0 Å². The third-order valence-corrected chi connectivity index (χ3v) is 7.64. The lowest BCUT2D eigenvalue weighted by molar-refractivity contribution is 0.0951. The van der Waals surface area contributed by atoms with Crippen molar-refractivity contribution >= 4 is 21.7 Å². The van der Waals surface area contributed by atoms with Crippen LogP contribution in [-0.4, -0.2) is 61.9 Å². The van der Waals surface area contributed by atoms with Crippen LogP contribution < -0.4 is 10.6 Å². The minimum absolute atomic E-state index is 0.0354. The molecule has 2 fully saturated rings. The van der Waals surface area contributed by atoms with Crippen molar-refractivity contribution in [2.75, 3.05) is 25.9 Å². The lowest BCUT2D eigenvalue weighted by Crippen LogP contribution is -2.57. The number of hydrogen-bond acceptors (Lipinski definition) is 4. The van der Waals surface area contributed by atoms with Crippen molar-refractivity contribution in [3.63, 3.8) is 0 Å². The first-order valence-corrected chi connectivity index (χ1v) is 10.9. The number of hydrogen-bond donors (Lipinski definition) is 2. The summed E-state index contributed by atoms with van der Waals surface area (Å²) in [7, 11) is -1.40. The maximum absolute atomic E-state index is 12.2. The molecule has 0 bridgehead atoms. The van der Waals surface area contributed by atoms with Gasteiger partial charge in [0.05, 0.1) is 10.5 Å².